The van der Waals surface area contributed by atoms with Crippen molar-refractivity contribution >= 4 is 17.7 Å². The molecule has 5 heteroatoms. The van der Waals surface area contributed by atoms with E-state index in [4.69, 9.17) is 0 Å². The summed E-state index contributed by atoms with van der Waals surface area (Å²) < 4.78 is 14.0. The Kier molecular flexibility index (Phi) is 8.06. The van der Waals surface area contributed by atoms with Crippen LogP contribution in [0.2, 0.25) is 0 Å². The van der Waals surface area contributed by atoms with E-state index in [1.807, 2.05) is 11.8 Å². The van der Waals surface area contributed by atoms with Gasteiger partial charge in [0.05, 0.1) is 0 Å². The van der Waals surface area contributed by atoms with Gasteiger partial charge in [-0.2, -0.15) is 11.8 Å². The minimum Gasteiger partial charge on any atom is -0.354 e. The minimum absolute atomic E-state index is 0.132. The number of hydrogen-bond donors (Lipinski definition) is 1. The third-order valence-electron chi connectivity index (χ3n) is 4.49. The topological polar surface area (TPSA) is 32.3 Å². The molecule has 1 amide bonds. The number of halogens is 1. The van der Waals surface area contributed by atoms with Crippen molar-refractivity contribution in [3.63, 3.8) is 0 Å². The molecule has 0 aliphatic heterocycles. The number of nitrogens with one attached hydrogen (secondary N) is 1. The molecule has 1 atom stereocenters. The molecule has 2 rings (SSSR count). The van der Waals surface area contributed by atoms with Gasteiger partial charge in [0.15, 0.2) is 0 Å². The molecule has 3 nitrogen and oxygen atoms in total. The molecule has 0 saturated heterocycles. The highest BCUT2D eigenvalue weighted by molar-refractivity contribution is 7.99. The summed E-state index contributed by atoms with van der Waals surface area (Å²) >= 11 is 2.04. The van der Waals surface area contributed by atoms with E-state index >= 15 is 0 Å². The number of rotatable bonds is 8. The summed E-state index contributed by atoms with van der Waals surface area (Å²) in [6.45, 7) is 0.650. The van der Waals surface area contributed by atoms with Gasteiger partial charge in [-0.15, -0.1) is 0 Å². The summed E-state index contributed by atoms with van der Waals surface area (Å²) in [6.07, 6.45) is 7.75. The van der Waals surface area contributed by atoms with Crippen molar-refractivity contribution in [2.45, 2.75) is 49.8 Å². The van der Waals surface area contributed by atoms with E-state index in [1.54, 1.807) is 37.2 Å². The number of likely N-dealkylation sites (N-methyl/N-ethyl adjacent to an activating group) is 1. The van der Waals surface area contributed by atoms with E-state index in [-0.39, 0.29) is 11.7 Å². The number of carbonyl (C=O) groups excluding carboxylic acids is 1. The van der Waals surface area contributed by atoms with Crippen LogP contribution in [0.4, 0.5) is 4.39 Å². The van der Waals surface area contributed by atoms with Crippen molar-refractivity contribution in [2.24, 2.45) is 0 Å². The summed E-state index contributed by atoms with van der Waals surface area (Å²) in [6, 6.07) is 5.91. The van der Waals surface area contributed by atoms with Crippen molar-refractivity contribution in [2.75, 3.05) is 26.4 Å². The number of thioether (sulfide) groups is 1. The number of nitrogens with zero attached hydrogens (tertiary/aromatic N) is 1. The van der Waals surface area contributed by atoms with Gasteiger partial charge >= 0.3 is 0 Å². The molecule has 134 valence electrons. The fourth-order valence-corrected chi connectivity index (χ4v) is 4.52. The van der Waals surface area contributed by atoms with E-state index < -0.39 is 6.04 Å². The molecule has 1 aromatic rings. The molecule has 0 aromatic heterocycles. The number of amides is 1. The molecular weight excluding hydrogens is 323 g/mol. The highest BCUT2D eigenvalue weighted by Crippen LogP contribution is 2.28. The summed E-state index contributed by atoms with van der Waals surface area (Å²) in [5.41, 5.74) is 0.427. The maximum Gasteiger partial charge on any atom is 0.242 e. The fraction of sp³-hybridized carbons (Fsp3) is 0.632. The largest absolute Gasteiger partial charge is 0.354 e. The first kappa shape index (κ1) is 19.3. The lowest BCUT2D eigenvalue weighted by molar-refractivity contribution is -0.125. The monoisotopic (exact) mass is 352 g/mol. The average Bonchev–Trinajstić information content (AvgIpc) is 2.57. The van der Waals surface area contributed by atoms with E-state index in [0.717, 1.165) is 17.4 Å². The third kappa shape index (κ3) is 5.78. The average molecular weight is 353 g/mol. The van der Waals surface area contributed by atoms with Crippen LogP contribution in [-0.4, -0.2) is 42.4 Å². The van der Waals surface area contributed by atoms with Gasteiger partial charge in [-0.05, 0) is 45.2 Å². The lowest BCUT2D eigenvalue weighted by Gasteiger charge is -2.24. The summed E-state index contributed by atoms with van der Waals surface area (Å²) in [4.78, 5) is 14.2. The van der Waals surface area contributed by atoms with Crippen molar-refractivity contribution in [1.29, 1.82) is 0 Å². The molecular formula is C19H29FN2OS. The van der Waals surface area contributed by atoms with Gasteiger partial charge in [0, 0.05) is 17.4 Å². The van der Waals surface area contributed by atoms with Gasteiger partial charge in [0.1, 0.15) is 11.9 Å². The lowest BCUT2D eigenvalue weighted by atomic mass is 10.0. The second kappa shape index (κ2) is 10.0. The molecule has 0 bridgehead atoms. The second-order valence-electron chi connectivity index (χ2n) is 6.66. The zero-order valence-corrected chi connectivity index (χ0v) is 15.6. The summed E-state index contributed by atoms with van der Waals surface area (Å²) in [7, 11) is 3.60. The Morgan fingerprint density at radius 2 is 2.00 bits per heavy atom. The molecule has 1 N–H and O–H groups in total. The summed E-state index contributed by atoms with van der Waals surface area (Å²) in [5.74, 6) is 0.615. The van der Waals surface area contributed by atoms with Crippen LogP contribution in [0.5, 0.6) is 0 Å². The van der Waals surface area contributed by atoms with E-state index in [0.29, 0.717) is 12.1 Å². The first-order valence-electron chi connectivity index (χ1n) is 8.89. The summed E-state index contributed by atoms with van der Waals surface area (Å²) in [5, 5.41) is 3.77. The molecule has 0 spiro atoms. The van der Waals surface area contributed by atoms with Crippen molar-refractivity contribution in [1.82, 2.24) is 10.2 Å². The minimum atomic E-state index is -0.586. The Bertz CT molecular complexity index is 518. The standard InChI is InChI=1S/C19H29FN2OS/c1-22(2)18(16-11-6-7-12-17(16)20)19(23)21-13-8-14-24-15-9-4-3-5-10-15/h6-7,11-12,15,18H,3-5,8-10,13-14H2,1-2H3,(H,21,23). The van der Waals surface area contributed by atoms with Crippen molar-refractivity contribution in [3.05, 3.63) is 35.6 Å². The Morgan fingerprint density at radius 3 is 2.67 bits per heavy atom. The molecule has 1 aliphatic rings. The quantitative estimate of drug-likeness (QED) is 0.718. The van der Waals surface area contributed by atoms with E-state index in [2.05, 4.69) is 5.32 Å². The van der Waals surface area contributed by atoms with Gasteiger partial charge in [0.2, 0.25) is 5.91 Å². The van der Waals surface area contributed by atoms with Gasteiger partial charge in [0.25, 0.3) is 0 Å². The Labute approximate surface area is 149 Å². The normalized spacial score (nSPS) is 17.0. The van der Waals surface area contributed by atoms with Crippen LogP contribution in [0.3, 0.4) is 0 Å². The third-order valence-corrected chi connectivity index (χ3v) is 5.96. The predicted molar refractivity (Wildman–Crippen MR) is 99.8 cm³/mol. The molecule has 24 heavy (non-hydrogen) atoms. The van der Waals surface area contributed by atoms with Gasteiger partial charge < -0.3 is 5.32 Å². The van der Waals surface area contributed by atoms with E-state index in [9.17, 15) is 9.18 Å². The molecule has 1 aliphatic carbocycles. The van der Waals surface area contributed by atoms with Crippen LogP contribution in [-0.2, 0) is 4.79 Å². The molecule has 1 aromatic carbocycles. The van der Waals surface area contributed by atoms with Gasteiger partial charge in [-0.1, -0.05) is 37.5 Å². The first-order valence-corrected chi connectivity index (χ1v) is 9.94. The highest BCUT2D eigenvalue weighted by atomic mass is 32.2. The Hall–Kier alpha value is -1.07. The fourth-order valence-electron chi connectivity index (χ4n) is 3.21. The SMILES string of the molecule is CN(C)C(C(=O)NCCCSC1CCCCC1)c1ccccc1F. The van der Waals surface area contributed by atoms with Crippen molar-refractivity contribution in [3.8, 4) is 0 Å². The maximum absolute atomic E-state index is 14.0. The molecule has 1 saturated carbocycles. The van der Waals surface area contributed by atoms with Crippen LogP contribution in [0, 0.1) is 5.82 Å². The molecule has 0 radical (unpaired) electrons. The second-order valence-corrected chi connectivity index (χ2v) is 8.07. The van der Waals surface area contributed by atoms with Crippen LogP contribution in [0.15, 0.2) is 24.3 Å². The van der Waals surface area contributed by atoms with Gasteiger partial charge in [-0.25, -0.2) is 4.39 Å². The van der Waals surface area contributed by atoms with E-state index in [1.165, 1.54) is 38.2 Å². The first-order chi connectivity index (χ1) is 11.6. The van der Waals surface area contributed by atoms with Crippen LogP contribution in [0.25, 0.3) is 0 Å². The number of hydrogen-bond acceptors (Lipinski definition) is 3. The Morgan fingerprint density at radius 1 is 1.29 bits per heavy atom. The van der Waals surface area contributed by atoms with Gasteiger partial charge in [-0.3, -0.25) is 9.69 Å². The number of carbonyl (C=O) groups is 1. The number of benzene rings is 1. The smallest absolute Gasteiger partial charge is 0.242 e. The zero-order chi connectivity index (χ0) is 17.4. The van der Waals surface area contributed by atoms with Crippen LogP contribution >= 0.6 is 11.8 Å². The zero-order valence-electron chi connectivity index (χ0n) is 14.8. The predicted octanol–water partition coefficient (Wildman–Crippen LogP) is 4.00. The molecule has 1 fully saturated rings. The van der Waals surface area contributed by atoms with Crippen molar-refractivity contribution < 1.29 is 9.18 Å². The Balaban J connectivity index is 1.76. The van der Waals surface area contributed by atoms with Crippen LogP contribution < -0.4 is 5.32 Å². The highest BCUT2D eigenvalue weighted by Gasteiger charge is 2.25. The molecule has 1 unspecified atom stereocenters. The maximum atomic E-state index is 14.0. The molecule has 0 heterocycles. The van der Waals surface area contributed by atoms with Crippen LogP contribution in [0.1, 0.15) is 50.1 Å². The lowest BCUT2D eigenvalue weighted by Crippen LogP contribution is -2.38.